The van der Waals surface area contributed by atoms with Crippen molar-refractivity contribution in [3.8, 4) is 0 Å². The van der Waals surface area contributed by atoms with Crippen molar-refractivity contribution >= 4 is 0 Å². The van der Waals surface area contributed by atoms with E-state index in [9.17, 15) is 0 Å². The molecule has 6 nitrogen and oxygen atoms in total. The molecule has 1 aliphatic heterocycles. The fourth-order valence-electron chi connectivity index (χ4n) is 2.15. The molecule has 1 N–H and O–H groups in total. The van der Waals surface area contributed by atoms with Crippen molar-refractivity contribution in [2.24, 2.45) is 0 Å². The molecule has 0 aliphatic carbocycles. The Morgan fingerprint density at radius 2 is 2.39 bits per heavy atom. The quantitative estimate of drug-likeness (QED) is 0.756. The van der Waals surface area contributed by atoms with Crippen LogP contribution in [0.15, 0.2) is 4.52 Å². The van der Waals surface area contributed by atoms with E-state index in [1.54, 1.807) is 0 Å². The molecule has 2 rings (SSSR count). The van der Waals surface area contributed by atoms with Crippen LogP contribution in [0, 0.1) is 0 Å². The summed E-state index contributed by atoms with van der Waals surface area (Å²) in [7, 11) is 1.95. The third kappa shape index (κ3) is 3.28. The molecule has 0 aromatic carbocycles. The molecular weight excluding hydrogens is 234 g/mol. The minimum Gasteiger partial charge on any atom is -0.381 e. The third-order valence-corrected chi connectivity index (χ3v) is 3.20. The summed E-state index contributed by atoms with van der Waals surface area (Å²) >= 11 is 0. The standard InChI is InChI=1S/C12H21N3O3/c1-3-16-7-5-11-14-12(18-15-11)9-8-17-6-4-10(9)13-2/h9-10,13H,3-8H2,1-2H3. The van der Waals surface area contributed by atoms with E-state index in [-0.39, 0.29) is 5.92 Å². The molecule has 6 heteroatoms. The molecule has 1 aromatic rings. The molecule has 2 atom stereocenters. The van der Waals surface area contributed by atoms with Crippen LogP contribution in [-0.4, -0.2) is 49.7 Å². The normalized spacial score (nSPS) is 24.3. The number of ether oxygens (including phenoxy) is 2. The van der Waals surface area contributed by atoms with Gasteiger partial charge in [0, 0.05) is 25.7 Å². The molecule has 2 heterocycles. The summed E-state index contributed by atoms with van der Waals surface area (Å²) < 4.78 is 16.1. The van der Waals surface area contributed by atoms with E-state index in [0.29, 0.717) is 44.0 Å². The Balaban J connectivity index is 1.95. The van der Waals surface area contributed by atoms with E-state index in [2.05, 4.69) is 15.5 Å². The van der Waals surface area contributed by atoms with Crippen molar-refractivity contribution in [1.29, 1.82) is 0 Å². The average Bonchev–Trinajstić information content (AvgIpc) is 2.88. The maximum absolute atomic E-state index is 5.48. The van der Waals surface area contributed by atoms with Crippen LogP contribution in [0.1, 0.15) is 31.0 Å². The second-order valence-electron chi connectivity index (χ2n) is 4.36. The van der Waals surface area contributed by atoms with Gasteiger partial charge >= 0.3 is 0 Å². The molecule has 102 valence electrons. The minimum atomic E-state index is 0.150. The number of likely N-dealkylation sites (N-methyl/N-ethyl adjacent to an activating group) is 1. The Hall–Kier alpha value is -0.980. The van der Waals surface area contributed by atoms with Crippen LogP contribution >= 0.6 is 0 Å². The first kappa shape index (κ1) is 13.5. The lowest BCUT2D eigenvalue weighted by Gasteiger charge is -2.28. The van der Waals surface area contributed by atoms with Gasteiger partial charge in [0.2, 0.25) is 5.89 Å². The first-order valence-corrected chi connectivity index (χ1v) is 6.50. The molecule has 0 radical (unpaired) electrons. The monoisotopic (exact) mass is 255 g/mol. The van der Waals surface area contributed by atoms with E-state index in [1.807, 2.05) is 14.0 Å². The SMILES string of the molecule is CCOCCc1noc(C2COCCC2NC)n1. The van der Waals surface area contributed by atoms with Gasteiger partial charge in [0.25, 0.3) is 0 Å². The van der Waals surface area contributed by atoms with Gasteiger partial charge in [0.1, 0.15) is 0 Å². The lowest BCUT2D eigenvalue weighted by Crippen LogP contribution is -2.39. The van der Waals surface area contributed by atoms with Crippen molar-refractivity contribution in [2.45, 2.75) is 31.7 Å². The van der Waals surface area contributed by atoms with Gasteiger partial charge in [-0.15, -0.1) is 0 Å². The van der Waals surface area contributed by atoms with Crippen molar-refractivity contribution in [1.82, 2.24) is 15.5 Å². The van der Waals surface area contributed by atoms with E-state index in [0.717, 1.165) is 13.0 Å². The zero-order valence-electron chi connectivity index (χ0n) is 11.0. The number of nitrogens with zero attached hydrogens (tertiary/aromatic N) is 2. The largest absolute Gasteiger partial charge is 0.381 e. The Labute approximate surface area is 107 Å². The number of nitrogens with one attached hydrogen (secondary N) is 1. The Kier molecular flexibility index (Phi) is 5.10. The first-order chi connectivity index (χ1) is 8.85. The highest BCUT2D eigenvalue weighted by Gasteiger charge is 2.30. The maximum Gasteiger partial charge on any atom is 0.233 e. The van der Waals surface area contributed by atoms with E-state index in [4.69, 9.17) is 14.0 Å². The van der Waals surface area contributed by atoms with Crippen molar-refractivity contribution in [3.05, 3.63) is 11.7 Å². The zero-order valence-corrected chi connectivity index (χ0v) is 11.0. The van der Waals surface area contributed by atoms with Gasteiger partial charge in [-0.25, -0.2) is 0 Å². The lowest BCUT2D eigenvalue weighted by atomic mass is 9.96. The molecule has 1 aliphatic rings. The second-order valence-corrected chi connectivity index (χ2v) is 4.36. The van der Waals surface area contributed by atoms with Crippen LogP contribution in [0.4, 0.5) is 0 Å². The van der Waals surface area contributed by atoms with Gasteiger partial charge in [0.05, 0.1) is 19.1 Å². The molecule has 1 saturated heterocycles. The van der Waals surface area contributed by atoms with Gasteiger partial charge in [-0.05, 0) is 20.4 Å². The molecule has 1 fully saturated rings. The number of hydrogen-bond donors (Lipinski definition) is 1. The van der Waals surface area contributed by atoms with Crippen LogP contribution in [0.3, 0.4) is 0 Å². The molecule has 0 bridgehead atoms. The van der Waals surface area contributed by atoms with Gasteiger partial charge in [0.15, 0.2) is 5.82 Å². The van der Waals surface area contributed by atoms with Crippen LogP contribution in [0.2, 0.25) is 0 Å². The van der Waals surface area contributed by atoms with Gasteiger partial charge in [-0.3, -0.25) is 0 Å². The summed E-state index contributed by atoms with van der Waals surface area (Å²) in [5.41, 5.74) is 0. The highest BCUT2D eigenvalue weighted by atomic mass is 16.5. The van der Waals surface area contributed by atoms with Crippen molar-refractivity contribution in [2.75, 3.05) is 33.5 Å². The van der Waals surface area contributed by atoms with Crippen LogP contribution in [-0.2, 0) is 15.9 Å². The molecule has 1 aromatic heterocycles. The molecule has 2 unspecified atom stereocenters. The molecule has 0 spiro atoms. The third-order valence-electron chi connectivity index (χ3n) is 3.20. The fraction of sp³-hybridized carbons (Fsp3) is 0.833. The Morgan fingerprint density at radius 1 is 1.50 bits per heavy atom. The highest BCUT2D eigenvalue weighted by molar-refractivity contribution is 5.01. The van der Waals surface area contributed by atoms with Crippen molar-refractivity contribution in [3.63, 3.8) is 0 Å². The number of hydrogen-bond acceptors (Lipinski definition) is 6. The Bertz CT molecular complexity index is 356. The first-order valence-electron chi connectivity index (χ1n) is 6.50. The molecular formula is C12H21N3O3. The van der Waals surface area contributed by atoms with E-state index in [1.165, 1.54) is 0 Å². The van der Waals surface area contributed by atoms with E-state index >= 15 is 0 Å². The minimum absolute atomic E-state index is 0.150. The van der Waals surface area contributed by atoms with Crippen LogP contribution in [0.25, 0.3) is 0 Å². The van der Waals surface area contributed by atoms with Gasteiger partial charge < -0.3 is 19.3 Å². The molecule has 0 saturated carbocycles. The molecule has 18 heavy (non-hydrogen) atoms. The predicted octanol–water partition coefficient (Wildman–Crippen LogP) is 0.740. The smallest absolute Gasteiger partial charge is 0.233 e. The molecule has 0 amide bonds. The number of aromatic nitrogens is 2. The van der Waals surface area contributed by atoms with E-state index < -0.39 is 0 Å². The lowest BCUT2D eigenvalue weighted by molar-refractivity contribution is 0.0516. The number of rotatable bonds is 6. The summed E-state index contributed by atoms with van der Waals surface area (Å²) in [5, 5.41) is 7.26. The summed E-state index contributed by atoms with van der Waals surface area (Å²) in [6.45, 7) is 4.74. The maximum atomic E-state index is 5.48. The Morgan fingerprint density at radius 3 is 3.17 bits per heavy atom. The van der Waals surface area contributed by atoms with Gasteiger partial charge in [-0.2, -0.15) is 4.98 Å². The summed E-state index contributed by atoms with van der Waals surface area (Å²) in [6, 6.07) is 0.346. The predicted molar refractivity (Wildman–Crippen MR) is 65.5 cm³/mol. The second kappa shape index (κ2) is 6.82. The fourth-order valence-corrected chi connectivity index (χ4v) is 2.15. The van der Waals surface area contributed by atoms with Crippen LogP contribution < -0.4 is 5.32 Å². The van der Waals surface area contributed by atoms with Crippen LogP contribution in [0.5, 0.6) is 0 Å². The topological polar surface area (TPSA) is 69.4 Å². The summed E-state index contributed by atoms with van der Waals surface area (Å²) in [5.74, 6) is 1.52. The van der Waals surface area contributed by atoms with Crippen molar-refractivity contribution < 1.29 is 14.0 Å². The highest BCUT2D eigenvalue weighted by Crippen LogP contribution is 2.24. The zero-order chi connectivity index (χ0) is 12.8. The summed E-state index contributed by atoms with van der Waals surface area (Å²) in [4.78, 5) is 4.43. The summed E-state index contributed by atoms with van der Waals surface area (Å²) in [6.07, 6.45) is 1.66. The average molecular weight is 255 g/mol. The van der Waals surface area contributed by atoms with Gasteiger partial charge in [-0.1, -0.05) is 5.16 Å².